The molecule has 3 aliphatic rings. The average Bonchev–Trinajstić information content (AvgIpc) is 3.25. The Hall–Kier alpha value is -0.0800. The molecule has 0 aromatic rings. The molecule has 0 unspecified atom stereocenters. The van der Waals surface area contributed by atoms with E-state index < -0.39 is 0 Å². The van der Waals surface area contributed by atoms with Crippen molar-refractivity contribution >= 4 is 0 Å². The average molecular weight is 284 g/mol. The highest BCUT2D eigenvalue weighted by molar-refractivity contribution is 4.99. The first-order valence-corrected chi connectivity index (χ1v) is 8.99. The number of nitrogens with zero attached hydrogens (tertiary/aromatic N) is 1. The van der Waals surface area contributed by atoms with Crippen molar-refractivity contribution in [2.24, 2.45) is 16.7 Å². The van der Waals surface area contributed by atoms with Gasteiger partial charge < -0.3 is 10.0 Å². The molecule has 2 heteroatoms. The summed E-state index contributed by atoms with van der Waals surface area (Å²) in [4.78, 5) is 2.61. The third kappa shape index (κ3) is 4.21. The topological polar surface area (TPSA) is 23.5 Å². The predicted octanol–water partition coefficient (Wildman–Crippen LogP) is 4.32. The minimum absolute atomic E-state index is 0.317. The van der Waals surface area contributed by atoms with Crippen molar-refractivity contribution in [3.05, 3.63) is 0 Å². The van der Waals surface area contributed by atoms with Gasteiger partial charge in [0.05, 0.1) is 0 Å². The van der Waals surface area contributed by atoms with Crippen molar-refractivity contribution in [3.63, 3.8) is 0 Å². The van der Waals surface area contributed by atoms with Crippen molar-refractivity contribution in [2.75, 3.05) is 26.2 Å². The van der Waals surface area contributed by atoms with Crippen LogP contribution < -0.4 is 0 Å². The third-order valence-corrected chi connectivity index (χ3v) is 5.33. The van der Waals surface area contributed by atoms with Gasteiger partial charge in [0.15, 0.2) is 0 Å². The number of hydrogen-bond acceptors (Lipinski definition) is 2. The van der Waals surface area contributed by atoms with Crippen LogP contribution >= 0.6 is 0 Å². The lowest BCUT2D eigenvalue weighted by molar-refractivity contribution is -0.0133. The van der Waals surface area contributed by atoms with Crippen molar-refractivity contribution < 1.29 is 5.11 Å². The van der Waals surface area contributed by atoms with Crippen LogP contribution in [0.2, 0.25) is 0 Å². The van der Waals surface area contributed by atoms with E-state index in [1.165, 1.54) is 51.6 Å². The van der Waals surface area contributed by atoms with Gasteiger partial charge in [0.1, 0.15) is 0 Å². The summed E-state index contributed by atoms with van der Waals surface area (Å²) in [7, 11) is 0. The fourth-order valence-electron chi connectivity index (χ4n) is 4.03. The number of piperidine rings is 1. The summed E-state index contributed by atoms with van der Waals surface area (Å²) >= 11 is 0. The van der Waals surface area contributed by atoms with E-state index in [4.69, 9.17) is 0 Å². The largest absolute Gasteiger partial charge is 0.396 e. The highest BCUT2D eigenvalue weighted by Crippen LogP contribution is 2.53. The maximum atomic E-state index is 9.36. The van der Waals surface area contributed by atoms with Crippen LogP contribution in [0, 0.1) is 16.7 Å². The van der Waals surface area contributed by atoms with Crippen LogP contribution in [0.25, 0.3) is 0 Å². The smallest absolute Gasteiger partial charge is 0.0499 e. The molecule has 0 aromatic carbocycles. The Balaban J connectivity index is 0.000000461. The molecule has 0 atom stereocenters. The number of hydrogen-bond donors (Lipinski definition) is 1. The van der Waals surface area contributed by atoms with Gasteiger partial charge in [0.25, 0.3) is 0 Å². The Labute approximate surface area is 126 Å². The van der Waals surface area contributed by atoms with Crippen LogP contribution in [0.4, 0.5) is 0 Å². The van der Waals surface area contributed by atoms with Crippen LogP contribution in [0.5, 0.6) is 0 Å². The first-order valence-electron chi connectivity index (χ1n) is 8.99. The summed E-state index contributed by atoms with van der Waals surface area (Å²) in [6, 6.07) is 0. The molecule has 0 radical (unpaired) electrons. The normalized spacial score (nSPS) is 26.7. The molecule has 1 saturated heterocycles. The van der Waals surface area contributed by atoms with Gasteiger partial charge in [-0.3, -0.25) is 0 Å². The van der Waals surface area contributed by atoms with E-state index in [0.29, 0.717) is 12.0 Å². The molecule has 0 bridgehead atoms. The SMILES string of the molecule is CC.CC.CC1CC2(CCN(CC3(CO)CC3)CC2)C1. The highest BCUT2D eigenvalue weighted by Gasteiger charge is 2.47. The molecule has 20 heavy (non-hydrogen) atoms. The minimum Gasteiger partial charge on any atom is -0.396 e. The molecule has 1 heterocycles. The van der Waals surface area contributed by atoms with Gasteiger partial charge in [-0.05, 0) is 62.9 Å². The van der Waals surface area contributed by atoms with Gasteiger partial charge in [-0.25, -0.2) is 0 Å². The van der Waals surface area contributed by atoms with E-state index in [0.717, 1.165) is 17.9 Å². The number of rotatable bonds is 3. The quantitative estimate of drug-likeness (QED) is 0.833. The standard InChI is InChI=1S/C14H25NO.2C2H6/c1-12-8-13(9-12)4-6-15(7-5-13)10-14(11-16)2-3-14;2*1-2/h12,16H,2-11H2,1H3;2*1-2H3. The number of aliphatic hydroxyl groups excluding tert-OH is 1. The van der Waals surface area contributed by atoms with E-state index in [-0.39, 0.29) is 0 Å². The molecule has 1 N–H and O–H groups in total. The lowest BCUT2D eigenvalue weighted by Gasteiger charge is -2.52. The summed E-state index contributed by atoms with van der Waals surface area (Å²) in [5, 5.41) is 9.36. The summed E-state index contributed by atoms with van der Waals surface area (Å²) in [6.07, 6.45) is 8.29. The molecule has 120 valence electrons. The first-order chi connectivity index (χ1) is 9.65. The fraction of sp³-hybridized carbons (Fsp3) is 1.00. The summed E-state index contributed by atoms with van der Waals surface area (Å²) in [6.45, 7) is 14.5. The molecular weight excluding hydrogens is 246 g/mol. The van der Waals surface area contributed by atoms with E-state index >= 15 is 0 Å². The van der Waals surface area contributed by atoms with Crippen molar-refractivity contribution in [3.8, 4) is 0 Å². The maximum Gasteiger partial charge on any atom is 0.0499 e. The molecule has 1 aliphatic heterocycles. The molecule has 2 nitrogen and oxygen atoms in total. The maximum absolute atomic E-state index is 9.36. The van der Waals surface area contributed by atoms with Crippen LogP contribution in [0.3, 0.4) is 0 Å². The van der Waals surface area contributed by atoms with E-state index in [1.54, 1.807) is 0 Å². The van der Waals surface area contributed by atoms with Gasteiger partial charge in [-0.2, -0.15) is 0 Å². The molecule has 3 rings (SSSR count). The monoisotopic (exact) mass is 283 g/mol. The summed E-state index contributed by atoms with van der Waals surface area (Å²) in [5.41, 5.74) is 1.06. The fourth-order valence-corrected chi connectivity index (χ4v) is 4.03. The summed E-state index contributed by atoms with van der Waals surface area (Å²) in [5.74, 6) is 0.985. The Morgan fingerprint density at radius 2 is 1.45 bits per heavy atom. The second-order valence-corrected chi connectivity index (χ2v) is 6.95. The lowest BCUT2D eigenvalue weighted by Crippen LogP contribution is -2.48. The summed E-state index contributed by atoms with van der Waals surface area (Å²) < 4.78 is 0. The van der Waals surface area contributed by atoms with E-state index in [9.17, 15) is 5.11 Å². The predicted molar refractivity (Wildman–Crippen MR) is 88.0 cm³/mol. The zero-order chi connectivity index (χ0) is 15.2. The van der Waals surface area contributed by atoms with Crippen molar-refractivity contribution in [1.82, 2.24) is 4.90 Å². The number of likely N-dealkylation sites (tertiary alicyclic amines) is 1. The molecule has 0 amide bonds. The second-order valence-electron chi connectivity index (χ2n) is 6.95. The zero-order valence-corrected chi connectivity index (χ0v) is 14.5. The molecule has 0 aromatic heterocycles. The Bertz CT molecular complexity index is 257. The lowest BCUT2D eigenvalue weighted by atomic mass is 9.58. The van der Waals surface area contributed by atoms with Crippen LogP contribution in [-0.4, -0.2) is 36.2 Å². The molecule has 1 spiro atoms. The van der Waals surface area contributed by atoms with E-state index in [1.807, 2.05) is 27.7 Å². The van der Waals surface area contributed by atoms with Crippen LogP contribution in [-0.2, 0) is 0 Å². The van der Waals surface area contributed by atoms with Crippen LogP contribution in [0.15, 0.2) is 0 Å². The van der Waals surface area contributed by atoms with Gasteiger partial charge in [-0.15, -0.1) is 0 Å². The van der Waals surface area contributed by atoms with Gasteiger partial charge in [0.2, 0.25) is 0 Å². The Kier molecular flexibility index (Phi) is 7.00. The number of aliphatic hydroxyl groups is 1. The van der Waals surface area contributed by atoms with Gasteiger partial charge in [-0.1, -0.05) is 34.6 Å². The van der Waals surface area contributed by atoms with E-state index in [2.05, 4.69) is 11.8 Å². The van der Waals surface area contributed by atoms with Gasteiger partial charge in [0, 0.05) is 18.6 Å². The van der Waals surface area contributed by atoms with Crippen molar-refractivity contribution in [1.29, 1.82) is 0 Å². The van der Waals surface area contributed by atoms with Crippen molar-refractivity contribution in [2.45, 2.75) is 73.1 Å². The molecule has 3 fully saturated rings. The first kappa shape index (κ1) is 18.0. The Morgan fingerprint density at radius 1 is 0.950 bits per heavy atom. The van der Waals surface area contributed by atoms with Gasteiger partial charge >= 0.3 is 0 Å². The molecule has 2 saturated carbocycles. The molecular formula is C18H37NO. The second kappa shape index (κ2) is 7.79. The minimum atomic E-state index is 0.317. The third-order valence-electron chi connectivity index (χ3n) is 5.33. The van der Waals surface area contributed by atoms with Crippen LogP contribution in [0.1, 0.15) is 73.1 Å². The highest BCUT2D eigenvalue weighted by atomic mass is 16.3. The molecule has 2 aliphatic carbocycles. The zero-order valence-electron chi connectivity index (χ0n) is 14.5. The Morgan fingerprint density at radius 3 is 1.80 bits per heavy atom.